The zero-order chi connectivity index (χ0) is 18.0. The lowest BCUT2D eigenvalue weighted by molar-refractivity contribution is 0.102. The molecule has 1 heterocycles. The molecule has 3 aromatic rings. The van der Waals surface area contributed by atoms with Gasteiger partial charge in [-0.15, -0.1) is 0 Å². The van der Waals surface area contributed by atoms with E-state index < -0.39 is 11.5 Å². The Morgan fingerprint density at radius 1 is 1.24 bits per heavy atom. The number of rotatable bonds is 4. The van der Waals surface area contributed by atoms with Gasteiger partial charge in [0, 0.05) is 16.1 Å². The van der Waals surface area contributed by atoms with Crippen LogP contribution in [0.2, 0.25) is 5.02 Å². The summed E-state index contributed by atoms with van der Waals surface area (Å²) >= 11 is 6.05. The number of anilines is 1. The van der Waals surface area contributed by atoms with Gasteiger partial charge < -0.3 is 14.5 Å². The van der Waals surface area contributed by atoms with Crippen LogP contribution in [0.1, 0.15) is 22.8 Å². The van der Waals surface area contributed by atoms with Crippen molar-refractivity contribution in [1.82, 2.24) is 0 Å². The molecule has 0 aliphatic heterocycles. The molecule has 0 saturated heterocycles. The first-order valence-electron chi connectivity index (χ1n) is 7.76. The largest absolute Gasteiger partial charge is 0.490 e. The molecule has 0 aliphatic carbocycles. The fraction of sp³-hybridized carbons (Fsp3) is 0.158. The van der Waals surface area contributed by atoms with Gasteiger partial charge in [-0.25, -0.2) is 4.79 Å². The monoisotopic (exact) mass is 357 g/mol. The van der Waals surface area contributed by atoms with Crippen LogP contribution in [-0.4, -0.2) is 12.5 Å². The molecule has 0 spiro atoms. The molecule has 5 nitrogen and oxygen atoms in total. The molecule has 2 aromatic carbocycles. The summed E-state index contributed by atoms with van der Waals surface area (Å²) in [6.07, 6.45) is 0. The van der Waals surface area contributed by atoms with Crippen LogP contribution in [0, 0.1) is 6.92 Å². The van der Waals surface area contributed by atoms with Gasteiger partial charge in [-0.2, -0.15) is 0 Å². The van der Waals surface area contributed by atoms with E-state index in [0.29, 0.717) is 34.0 Å². The quantitative estimate of drug-likeness (QED) is 0.702. The lowest BCUT2D eigenvalue weighted by atomic mass is 10.1. The van der Waals surface area contributed by atoms with E-state index in [2.05, 4.69) is 5.32 Å². The van der Waals surface area contributed by atoms with Crippen LogP contribution < -0.4 is 15.7 Å². The second-order valence-corrected chi connectivity index (χ2v) is 5.88. The van der Waals surface area contributed by atoms with Crippen LogP contribution in [0.3, 0.4) is 0 Å². The molecule has 0 bridgehead atoms. The van der Waals surface area contributed by atoms with Gasteiger partial charge in [0.05, 0.1) is 6.61 Å². The van der Waals surface area contributed by atoms with E-state index >= 15 is 0 Å². The molecule has 0 aliphatic rings. The number of aryl methyl sites for hydroxylation is 1. The fourth-order valence-corrected chi connectivity index (χ4v) is 2.59. The van der Waals surface area contributed by atoms with Gasteiger partial charge in [0.15, 0.2) is 11.3 Å². The molecule has 1 aromatic heterocycles. The Kier molecular flexibility index (Phi) is 4.76. The first-order chi connectivity index (χ1) is 12.0. The molecule has 1 amide bonds. The topological polar surface area (TPSA) is 68.5 Å². The highest BCUT2D eigenvalue weighted by atomic mass is 35.5. The number of hydrogen-bond donors (Lipinski definition) is 1. The van der Waals surface area contributed by atoms with Crippen LogP contribution in [0.25, 0.3) is 11.0 Å². The maximum atomic E-state index is 12.4. The standard InChI is InChI=1S/C19H16ClNO4/c1-3-24-16-6-4-5-12-9-14(19(23)25-17(12)16)18(22)21-13-8-7-11(2)15(20)10-13/h4-10H,3H2,1-2H3,(H,21,22). The Bertz CT molecular complexity index is 1010. The van der Waals surface area contributed by atoms with E-state index in [9.17, 15) is 9.59 Å². The number of carbonyl (C=O) groups is 1. The second-order valence-electron chi connectivity index (χ2n) is 5.47. The van der Waals surface area contributed by atoms with Crippen LogP contribution in [0.15, 0.2) is 51.7 Å². The smallest absolute Gasteiger partial charge is 0.349 e. The van der Waals surface area contributed by atoms with Crippen molar-refractivity contribution in [1.29, 1.82) is 0 Å². The summed E-state index contributed by atoms with van der Waals surface area (Å²) in [7, 11) is 0. The van der Waals surface area contributed by atoms with Crippen LogP contribution in [0.5, 0.6) is 5.75 Å². The molecule has 0 fully saturated rings. The van der Waals surface area contributed by atoms with E-state index in [0.717, 1.165) is 5.56 Å². The first-order valence-corrected chi connectivity index (χ1v) is 8.14. The normalized spacial score (nSPS) is 10.7. The number of hydrogen-bond acceptors (Lipinski definition) is 4. The summed E-state index contributed by atoms with van der Waals surface area (Å²) in [5, 5.41) is 3.80. The average Bonchev–Trinajstić information content (AvgIpc) is 2.58. The predicted molar refractivity (Wildman–Crippen MR) is 97.8 cm³/mol. The van der Waals surface area contributed by atoms with E-state index in [4.69, 9.17) is 20.8 Å². The van der Waals surface area contributed by atoms with Crippen molar-refractivity contribution in [3.05, 3.63) is 69.0 Å². The van der Waals surface area contributed by atoms with Crippen molar-refractivity contribution in [2.75, 3.05) is 11.9 Å². The van der Waals surface area contributed by atoms with Gasteiger partial charge >= 0.3 is 5.63 Å². The number of halogens is 1. The molecule has 0 saturated carbocycles. The van der Waals surface area contributed by atoms with E-state index in [1.807, 2.05) is 13.8 Å². The van der Waals surface area contributed by atoms with Crippen molar-refractivity contribution < 1.29 is 13.9 Å². The molecule has 0 radical (unpaired) electrons. The Labute approximate surface area is 149 Å². The van der Waals surface area contributed by atoms with Gasteiger partial charge in [-0.3, -0.25) is 4.79 Å². The van der Waals surface area contributed by atoms with Gasteiger partial charge in [-0.05, 0) is 43.7 Å². The molecule has 0 unspecified atom stereocenters. The van der Waals surface area contributed by atoms with Gasteiger partial charge in [-0.1, -0.05) is 29.8 Å². The number of benzene rings is 2. The van der Waals surface area contributed by atoms with E-state index in [1.165, 1.54) is 6.07 Å². The van der Waals surface area contributed by atoms with Crippen LogP contribution >= 0.6 is 11.6 Å². The maximum absolute atomic E-state index is 12.4. The zero-order valence-corrected chi connectivity index (χ0v) is 14.5. The van der Waals surface area contributed by atoms with Crippen molar-refractivity contribution in [3.8, 4) is 5.75 Å². The van der Waals surface area contributed by atoms with Gasteiger partial charge in [0.1, 0.15) is 5.56 Å². The summed E-state index contributed by atoms with van der Waals surface area (Å²) in [4.78, 5) is 24.7. The third-order valence-electron chi connectivity index (χ3n) is 3.70. The third kappa shape index (κ3) is 3.51. The van der Waals surface area contributed by atoms with Gasteiger partial charge in [0.2, 0.25) is 0 Å². The van der Waals surface area contributed by atoms with Crippen molar-refractivity contribution in [3.63, 3.8) is 0 Å². The third-order valence-corrected chi connectivity index (χ3v) is 4.11. The highest BCUT2D eigenvalue weighted by Crippen LogP contribution is 2.25. The number of para-hydroxylation sites is 1. The molecule has 25 heavy (non-hydrogen) atoms. The molecule has 0 atom stereocenters. The number of fused-ring (bicyclic) bond motifs is 1. The Balaban J connectivity index is 1.97. The maximum Gasteiger partial charge on any atom is 0.349 e. The summed E-state index contributed by atoms with van der Waals surface area (Å²) in [6.45, 7) is 4.15. The lowest BCUT2D eigenvalue weighted by Gasteiger charge is -2.08. The van der Waals surface area contributed by atoms with Crippen LogP contribution in [0.4, 0.5) is 5.69 Å². The lowest BCUT2D eigenvalue weighted by Crippen LogP contribution is -2.20. The van der Waals surface area contributed by atoms with Gasteiger partial charge in [0.25, 0.3) is 5.91 Å². The number of nitrogens with one attached hydrogen (secondary N) is 1. The molecule has 1 N–H and O–H groups in total. The molecule has 3 rings (SSSR count). The molecular weight excluding hydrogens is 342 g/mol. The van der Waals surface area contributed by atoms with E-state index in [1.54, 1.807) is 36.4 Å². The molecular formula is C19H16ClNO4. The van der Waals surface area contributed by atoms with E-state index in [-0.39, 0.29) is 5.56 Å². The minimum atomic E-state index is -0.727. The SMILES string of the molecule is CCOc1cccc2cc(C(=O)Nc3ccc(C)c(Cl)c3)c(=O)oc12. The first kappa shape index (κ1) is 17.0. The fourth-order valence-electron chi connectivity index (χ4n) is 2.41. The Morgan fingerprint density at radius 3 is 2.76 bits per heavy atom. The van der Waals surface area contributed by atoms with Crippen LogP contribution in [-0.2, 0) is 0 Å². The number of ether oxygens (including phenoxy) is 1. The highest BCUT2D eigenvalue weighted by molar-refractivity contribution is 6.31. The average molecular weight is 358 g/mol. The molecule has 128 valence electrons. The summed E-state index contributed by atoms with van der Waals surface area (Å²) in [5.74, 6) is -0.0910. The van der Waals surface area contributed by atoms with Crippen molar-refractivity contribution in [2.24, 2.45) is 0 Å². The van der Waals surface area contributed by atoms with Crippen molar-refractivity contribution >= 4 is 34.2 Å². The summed E-state index contributed by atoms with van der Waals surface area (Å²) < 4.78 is 10.8. The minimum Gasteiger partial charge on any atom is -0.490 e. The zero-order valence-electron chi connectivity index (χ0n) is 13.8. The number of carbonyl (C=O) groups excluding carboxylic acids is 1. The number of amides is 1. The Hall–Kier alpha value is -2.79. The Morgan fingerprint density at radius 2 is 2.04 bits per heavy atom. The summed E-state index contributed by atoms with van der Waals surface area (Å²) in [5.41, 5.74) is 0.911. The minimum absolute atomic E-state index is 0.0853. The molecule has 6 heteroatoms. The summed E-state index contributed by atoms with van der Waals surface area (Å²) in [6, 6.07) is 11.9. The second kappa shape index (κ2) is 6.99. The van der Waals surface area contributed by atoms with Crippen molar-refractivity contribution in [2.45, 2.75) is 13.8 Å². The highest BCUT2D eigenvalue weighted by Gasteiger charge is 2.16. The predicted octanol–water partition coefficient (Wildman–Crippen LogP) is 4.41.